The number of aromatic nitrogens is 2. The second kappa shape index (κ2) is 4.96. The zero-order chi connectivity index (χ0) is 13.3. The van der Waals surface area contributed by atoms with Crippen molar-refractivity contribution in [2.24, 2.45) is 0 Å². The summed E-state index contributed by atoms with van der Waals surface area (Å²) in [6, 6.07) is 2.29. The molecule has 2 rings (SSSR count). The van der Waals surface area contributed by atoms with E-state index in [-0.39, 0.29) is 0 Å². The van der Waals surface area contributed by atoms with Crippen LogP contribution in [0.3, 0.4) is 0 Å². The molecule has 0 aliphatic carbocycles. The number of rotatable bonds is 3. The molecule has 0 saturated heterocycles. The Morgan fingerprint density at radius 3 is 2.78 bits per heavy atom. The number of hydrogen-bond acceptors (Lipinski definition) is 5. The zero-order valence-electron chi connectivity index (χ0n) is 9.28. The first-order valence-electron chi connectivity index (χ1n) is 5.06. The molecule has 1 heterocycles. The fourth-order valence-electron chi connectivity index (χ4n) is 1.47. The van der Waals surface area contributed by atoms with E-state index in [2.05, 4.69) is 15.3 Å². The Hall–Kier alpha value is -1.59. The summed E-state index contributed by atoms with van der Waals surface area (Å²) in [4.78, 5) is 18.7. The van der Waals surface area contributed by atoms with Gasteiger partial charge in [0.1, 0.15) is 12.1 Å². The highest BCUT2D eigenvalue weighted by atomic mass is 35.5. The van der Waals surface area contributed by atoms with Crippen molar-refractivity contribution >= 4 is 45.9 Å². The van der Waals surface area contributed by atoms with E-state index in [0.29, 0.717) is 26.8 Å². The second-order valence-electron chi connectivity index (χ2n) is 3.69. The van der Waals surface area contributed by atoms with Gasteiger partial charge in [-0.1, -0.05) is 23.2 Å². The first kappa shape index (κ1) is 12.9. The van der Waals surface area contributed by atoms with E-state index < -0.39 is 12.0 Å². The minimum Gasteiger partial charge on any atom is -0.548 e. The molecule has 1 aromatic heterocycles. The molecule has 0 saturated carbocycles. The predicted molar refractivity (Wildman–Crippen MR) is 67.6 cm³/mol. The van der Waals surface area contributed by atoms with E-state index in [1.165, 1.54) is 13.3 Å². The SMILES string of the molecule is C[C@H](Nc1ncnc2c(Cl)cc(Cl)cc12)C(=O)[O-]. The van der Waals surface area contributed by atoms with Crippen molar-refractivity contribution in [2.45, 2.75) is 13.0 Å². The number of hydrogen-bond donors (Lipinski definition) is 1. The van der Waals surface area contributed by atoms with E-state index in [1.807, 2.05) is 0 Å². The predicted octanol–water partition coefficient (Wildman–Crippen LogP) is 1.49. The molecule has 0 aliphatic rings. The third-order valence-corrected chi connectivity index (χ3v) is 2.87. The minimum absolute atomic E-state index is 0.348. The van der Waals surface area contributed by atoms with Crippen LogP contribution in [0.5, 0.6) is 0 Å². The van der Waals surface area contributed by atoms with Gasteiger partial charge in [0.05, 0.1) is 22.6 Å². The third kappa shape index (κ3) is 2.47. The number of carbonyl (C=O) groups is 1. The van der Waals surface area contributed by atoms with Gasteiger partial charge in [0, 0.05) is 10.4 Å². The highest BCUT2D eigenvalue weighted by Crippen LogP contribution is 2.29. The molecule has 5 nitrogen and oxygen atoms in total. The van der Waals surface area contributed by atoms with Gasteiger partial charge in [-0.25, -0.2) is 9.97 Å². The highest BCUT2D eigenvalue weighted by Gasteiger charge is 2.11. The Kier molecular flexibility index (Phi) is 3.54. The van der Waals surface area contributed by atoms with Gasteiger partial charge in [-0.05, 0) is 19.1 Å². The Labute approximate surface area is 113 Å². The normalized spacial score (nSPS) is 12.4. The molecule has 0 radical (unpaired) electrons. The standard InChI is InChI=1S/C11H9Cl2N3O2/c1-5(11(17)18)16-10-7-2-6(12)3-8(13)9(7)14-4-15-10/h2-5H,1H3,(H,17,18)(H,14,15,16)/p-1/t5-/m0/s1. The molecule has 0 unspecified atom stereocenters. The lowest BCUT2D eigenvalue weighted by Crippen LogP contribution is -2.38. The zero-order valence-corrected chi connectivity index (χ0v) is 10.8. The molecule has 0 amide bonds. The van der Waals surface area contributed by atoms with Crippen LogP contribution < -0.4 is 10.4 Å². The Bertz CT molecular complexity index is 619. The first-order valence-corrected chi connectivity index (χ1v) is 5.82. The lowest BCUT2D eigenvalue weighted by Gasteiger charge is -2.16. The van der Waals surface area contributed by atoms with Crippen LogP contribution in [0.25, 0.3) is 10.9 Å². The number of nitrogens with one attached hydrogen (secondary N) is 1. The number of fused-ring (bicyclic) bond motifs is 1. The van der Waals surface area contributed by atoms with Gasteiger partial charge in [-0.15, -0.1) is 0 Å². The van der Waals surface area contributed by atoms with Gasteiger partial charge in [0.25, 0.3) is 0 Å². The summed E-state index contributed by atoms with van der Waals surface area (Å²) in [5.74, 6) is -0.879. The van der Waals surface area contributed by atoms with Crippen LogP contribution in [0.2, 0.25) is 10.0 Å². The molecule has 7 heteroatoms. The van der Waals surface area contributed by atoms with Crippen molar-refractivity contribution in [3.05, 3.63) is 28.5 Å². The molecular weight excluding hydrogens is 277 g/mol. The Morgan fingerprint density at radius 2 is 2.11 bits per heavy atom. The van der Waals surface area contributed by atoms with Crippen LogP contribution in [-0.2, 0) is 4.79 Å². The van der Waals surface area contributed by atoms with Gasteiger partial charge >= 0.3 is 0 Å². The maximum Gasteiger partial charge on any atom is 0.137 e. The summed E-state index contributed by atoms with van der Waals surface area (Å²) >= 11 is 11.9. The van der Waals surface area contributed by atoms with Crippen molar-refractivity contribution in [2.75, 3.05) is 5.32 Å². The highest BCUT2D eigenvalue weighted by molar-refractivity contribution is 6.38. The monoisotopic (exact) mass is 284 g/mol. The number of nitrogens with zero attached hydrogens (tertiary/aromatic N) is 2. The lowest BCUT2D eigenvalue weighted by atomic mass is 10.2. The van der Waals surface area contributed by atoms with Crippen molar-refractivity contribution in [3.8, 4) is 0 Å². The summed E-state index contributed by atoms with van der Waals surface area (Å²) in [5, 5.41) is 14.8. The summed E-state index contributed by atoms with van der Waals surface area (Å²) in [5.41, 5.74) is 0.504. The molecular formula is C11H8Cl2N3O2-. The van der Waals surface area contributed by atoms with Gasteiger partial charge in [0.2, 0.25) is 0 Å². The van der Waals surface area contributed by atoms with Gasteiger partial charge in [0.15, 0.2) is 0 Å². The maximum absolute atomic E-state index is 10.7. The van der Waals surface area contributed by atoms with Gasteiger partial charge in [-0.2, -0.15) is 0 Å². The average molecular weight is 285 g/mol. The van der Waals surface area contributed by atoms with Crippen LogP contribution >= 0.6 is 23.2 Å². The molecule has 0 spiro atoms. The Morgan fingerprint density at radius 1 is 1.39 bits per heavy atom. The lowest BCUT2D eigenvalue weighted by molar-refractivity contribution is -0.306. The van der Waals surface area contributed by atoms with Crippen molar-refractivity contribution in [3.63, 3.8) is 0 Å². The quantitative estimate of drug-likeness (QED) is 0.924. The average Bonchev–Trinajstić information content (AvgIpc) is 2.29. The van der Waals surface area contributed by atoms with Crippen molar-refractivity contribution in [1.29, 1.82) is 0 Å². The molecule has 94 valence electrons. The second-order valence-corrected chi connectivity index (χ2v) is 4.53. The molecule has 0 aliphatic heterocycles. The van der Waals surface area contributed by atoms with E-state index >= 15 is 0 Å². The molecule has 2 aromatic rings. The number of aliphatic carboxylic acids is 1. The van der Waals surface area contributed by atoms with E-state index in [9.17, 15) is 9.90 Å². The molecule has 1 N–H and O–H groups in total. The number of carboxylic acid groups (broad SMARTS) is 1. The third-order valence-electron chi connectivity index (χ3n) is 2.36. The molecule has 1 aromatic carbocycles. The Balaban J connectivity index is 2.54. The minimum atomic E-state index is -1.23. The van der Waals surface area contributed by atoms with Crippen molar-refractivity contribution < 1.29 is 9.90 Å². The van der Waals surface area contributed by atoms with E-state index in [1.54, 1.807) is 12.1 Å². The van der Waals surface area contributed by atoms with Crippen LogP contribution in [0, 0.1) is 0 Å². The number of carboxylic acids is 1. The summed E-state index contributed by atoms with van der Waals surface area (Å²) in [6.45, 7) is 1.45. The number of benzene rings is 1. The fraction of sp³-hybridized carbons (Fsp3) is 0.182. The number of halogens is 2. The van der Waals surface area contributed by atoms with Crippen LogP contribution in [0.4, 0.5) is 5.82 Å². The summed E-state index contributed by atoms with van der Waals surface area (Å²) < 4.78 is 0. The maximum atomic E-state index is 10.7. The van der Waals surface area contributed by atoms with Crippen LogP contribution in [0.1, 0.15) is 6.92 Å². The van der Waals surface area contributed by atoms with Crippen LogP contribution in [-0.4, -0.2) is 22.0 Å². The molecule has 1 atom stereocenters. The van der Waals surface area contributed by atoms with E-state index in [0.717, 1.165) is 0 Å². The van der Waals surface area contributed by atoms with Crippen molar-refractivity contribution in [1.82, 2.24) is 9.97 Å². The first-order chi connectivity index (χ1) is 8.49. The molecule has 0 bridgehead atoms. The smallest absolute Gasteiger partial charge is 0.137 e. The largest absolute Gasteiger partial charge is 0.548 e. The van der Waals surface area contributed by atoms with E-state index in [4.69, 9.17) is 23.2 Å². The summed E-state index contributed by atoms with van der Waals surface area (Å²) in [6.07, 6.45) is 1.30. The number of carbonyl (C=O) groups excluding carboxylic acids is 1. The number of anilines is 1. The molecule has 18 heavy (non-hydrogen) atoms. The molecule has 0 fully saturated rings. The van der Waals surface area contributed by atoms with Gasteiger partial charge < -0.3 is 15.2 Å². The summed E-state index contributed by atoms with van der Waals surface area (Å²) in [7, 11) is 0. The van der Waals surface area contributed by atoms with Gasteiger partial charge in [-0.3, -0.25) is 0 Å². The fourth-order valence-corrected chi connectivity index (χ4v) is 2.01. The van der Waals surface area contributed by atoms with Crippen LogP contribution in [0.15, 0.2) is 18.5 Å². The topological polar surface area (TPSA) is 77.9 Å².